The second-order valence-corrected chi connectivity index (χ2v) is 6.27. The van der Waals surface area contributed by atoms with Gasteiger partial charge in [-0.25, -0.2) is 14.0 Å². The van der Waals surface area contributed by atoms with Gasteiger partial charge < -0.3 is 25.4 Å². The molecule has 0 fully saturated rings. The van der Waals surface area contributed by atoms with Crippen molar-refractivity contribution in [1.29, 1.82) is 0 Å². The fraction of sp³-hybridized carbons (Fsp3) is 0.500. The summed E-state index contributed by atoms with van der Waals surface area (Å²) in [6, 6.07) is 3.10. The van der Waals surface area contributed by atoms with E-state index in [4.69, 9.17) is 9.84 Å². The Labute approximate surface area is 139 Å². The molecule has 0 aliphatic carbocycles. The van der Waals surface area contributed by atoms with Crippen LogP contribution in [0.15, 0.2) is 18.2 Å². The van der Waals surface area contributed by atoms with Gasteiger partial charge in [0.05, 0.1) is 11.7 Å². The molecule has 0 heterocycles. The van der Waals surface area contributed by atoms with Gasteiger partial charge in [0.15, 0.2) is 0 Å². The minimum atomic E-state index is -1.42. The van der Waals surface area contributed by atoms with Gasteiger partial charge in [-0.1, -0.05) is 6.07 Å². The van der Waals surface area contributed by atoms with E-state index in [1.54, 1.807) is 20.8 Å². The molecule has 1 rings (SSSR count). The number of nitrogens with one attached hydrogen (secondary N) is 1. The molecule has 8 heteroatoms. The highest BCUT2D eigenvalue weighted by atomic mass is 19.1. The Bertz CT molecular complexity index is 599. The number of ether oxygens (including phenoxy) is 1. The van der Waals surface area contributed by atoms with Gasteiger partial charge in [0.2, 0.25) is 0 Å². The first-order valence-corrected chi connectivity index (χ1v) is 7.37. The molecule has 0 saturated heterocycles. The maximum atomic E-state index is 13.6. The second kappa shape index (κ2) is 8.07. The Morgan fingerprint density at radius 2 is 1.92 bits per heavy atom. The van der Waals surface area contributed by atoms with Crippen LogP contribution in [0.2, 0.25) is 0 Å². The Morgan fingerprint density at radius 1 is 1.29 bits per heavy atom. The molecule has 2 atom stereocenters. The molecule has 134 valence electrons. The molecule has 1 aromatic rings. The van der Waals surface area contributed by atoms with Gasteiger partial charge in [0.25, 0.3) is 0 Å². The molecule has 0 aliphatic rings. The Morgan fingerprint density at radius 3 is 2.42 bits per heavy atom. The number of carboxylic acids is 1. The number of carbonyl (C=O) groups excluding carboxylic acids is 1. The summed E-state index contributed by atoms with van der Waals surface area (Å²) in [4.78, 5) is 22.2. The van der Waals surface area contributed by atoms with E-state index in [-0.39, 0.29) is 18.5 Å². The number of rotatable bonds is 6. The number of hydrogen-bond donors (Lipinski definition) is 4. The zero-order valence-electron chi connectivity index (χ0n) is 13.7. The fourth-order valence-corrected chi connectivity index (χ4v) is 1.91. The van der Waals surface area contributed by atoms with E-state index in [1.807, 2.05) is 0 Å². The quantitative estimate of drug-likeness (QED) is 0.626. The van der Waals surface area contributed by atoms with Crippen molar-refractivity contribution in [3.05, 3.63) is 35.1 Å². The highest BCUT2D eigenvalue weighted by molar-refractivity contribution is 5.87. The number of benzene rings is 1. The van der Waals surface area contributed by atoms with Crippen molar-refractivity contribution in [2.24, 2.45) is 0 Å². The molecule has 1 aromatic carbocycles. The third-order valence-electron chi connectivity index (χ3n) is 3.04. The third kappa shape index (κ3) is 6.13. The number of aliphatic hydroxyl groups is 2. The maximum absolute atomic E-state index is 13.6. The van der Waals surface area contributed by atoms with E-state index in [0.717, 1.165) is 12.1 Å². The molecule has 0 bridgehead atoms. The second-order valence-electron chi connectivity index (χ2n) is 6.27. The van der Waals surface area contributed by atoms with Crippen molar-refractivity contribution < 1.29 is 34.0 Å². The lowest BCUT2D eigenvalue weighted by atomic mass is 10.0. The summed E-state index contributed by atoms with van der Waals surface area (Å²) in [5.74, 6) is -2.42. The minimum Gasteiger partial charge on any atom is -0.478 e. The van der Waals surface area contributed by atoms with Crippen LogP contribution >= 0.6 is 0 Å². The molecule has 0 saturated carbocycles. The summed E-state index contributed by atoms with van der Waals surface area (Å²) in [6.07, 6.45) is -3.33. The summed E-state index contributed by atoms with van der Waals surface area (Å²) >= 11 is 0. The van der Waals surface area contributed by atoms with E-state index in [2.05, 4.69) is 5.32 Å². The molecule has 0 spiro atoms. The number of alkyl carbamates (subject to hydrolysis) is 1. The molecule has 24 heavy (non-hydrogen) atoms. The van der Waals surface area contributed by atoms with Crippen LogP contribution in [0.1, 0.15) is 49.2 Å². The summed E-state index contributed by atoms with van der Waals surface area (Å²) in [6.45, 7) is 5.17. The van der Waals surface area contributed by atoms with Gasteiger partial charge in [0, 0.05) is 6.54 Å². The fourth-order valence-electron chi connectivity index (χ4n) is 1.91. The number of aromatic carboxylic acids is 1. The van der Waals surface area contributed by atoms with Crippen LogP contribution < -0.4 is 5.32 Å². The average molecular weight is 343 g/mol. The zero-order chi connectivity index (χ0) is 18.5. The number of carboxylic acid groups (broad SMARTS) is 1. The number of carbonyl (C=O) groups is 2. The molecule has 0 aromatic heterocycles. The van der Waals surface area contributed by atoms with Gasteiger partial charge in [-0.05, 0) is 44.9 Å². The van der Waals surface area contributed by atoms with Gasteiger partial charge in [0.1, 0.15) is 17.5 Å². The van der Waals surface area contributed by atoms with E-state index in [0.29, 0.717) is 0 Å². The molecule has 0 radical (unpaired) electrons. The highest BCUT2D eigenvalue weighted by Gasteiger charge is 2.21. The van der Waals surface area contributed by atoms with Crippen LogP contribution in [0.25, 0.3) is 0 Å². The summed E-state index contributed by atoms with van der Waals surface area (Å²) in [7, 11) is 0. The van der Waals surface area contributed by atoms with Gasteiger partial charge in [-0.2, -0.15) is 0 Å². The molecule has 1 amide bonds. The van der Waals surface area contributed by atoms with E-state index in [9.17, 15) is 24.2 Å². The van der Waals surface area contributed by atoms with Crippen LogP contribution in [0.4, 0.5) is 9.18 Å². The number of amides is 1. The average Bonchev–Trinajstić information content (AvgIpc) is 2.43. The number of hydrogen-bond acceptors (Lipinski definition) is 5. The third-order valence-corrected chi connectivity index (χ3v) is 3.04. The normalized spacial score (nSPS) is 13.9. The van der Waals surface area contributed by atoms with Gasteiger partial charge in [-0.15, -0.1) is 0 Å². The molecule has 7 nitrogen and oxygen atoms in total. The smallest absolute Gasteiger partial charge is 0.407 e. The van der Waals surface area contributed by atoms with E-state index >= 15 is 0 Å². The molecular weight excluding hydrogens is 321 g/mol. The molecular formula is C16H22FNO6. The maximum Gasteiger partial charge on any atom is 0.407 e. The minimum absolute atomic E-state index is 0.00269. The van der Waals surface area contributed by atoms with Crippen LogP contribution in [-0.4, -0.2) is 45.6 Å². The van der Waals surface area contributed by atoms with Gasteiger partial charge >= 0.3 is 12.1 Å². The highest BCUT2D eigenvalue weighted by Crippen LogP contribution is 2.21. The van der Waals surface area contributed by atoms with Crippen LogP contribution in [0, 0.1) is 5.82 Å². The van der Waals surface area contributed by atoms with Crippen molar-refractivity contribution in [3.8, 4) is 0 Å². The van der Waals surface area contributed by atoms with Crippen molar-refractivity contribution in [3.63, 3.8) is 0 Å². The van der Waals surface area contributed by atoms with Crippen LogP contribution in [0.3, 0.4) is 0 Å². The SMILES string of the molecule is CC(C)(C)OC(=O)NCCC(O)C(O)c1ccc(C(=O)O)c(F)c1. The summed E-state index contributed by atoms with van der Waals surface area (Å²) in [5, 5.41) is 31.1. The van der Waals surface area contributed by atoms with E-state index < -0.39 is 41.3 Å². The largest absolute Gasteiger partial charge is 0.478 e. The predicted octanol–water partition coefficient (Wildman–Crippen LogP) is 1.83. The lowest BCUT2D eigenvalue weighted by Crippen LogP contribution is -2.34. The van der Waals surface area contributed by atoms with Crippen LogP contribution in [0.5, 0.6) is 0 Å². The Hall–Kier alpha value is -2.19. The van der Waals surface area contributed by atoms with Crippen LogP contribution in [-0.2, 0) is 4.74 Å². The van der Waals surface area contributed by atoms with Crippen molar-refractivity contribution in [2.75, 3.05) is 6.54 Å². The lowest BCUT2D eigenvalue weighted by Gasteiger charge is -2.21. The zero-order valence-corrected chi connectivity index (χ0v) is 13.7. The molecule has 4 N–H and O–H groups in total. The van der Waals surface area contributed by atoms with E-state index in [1.165, 1.54) is 6.07 Å². The summed E-state index contributed by atoms with van der Waals surface area (Å²) < 4.78 is 18.6. The Balaban J connectivity index is 2.56. The topological polar surface area (TPSA) is 116 Å². The van der Waals surface area contributed by atoms with Crippen molar-refractivity contribution in [1.82, 2.24) is 5.32 Å². The molecule has 0 aliphatic heterocycles. The Kier molecular flexibility index (Phi) is 6.68. The van der Waals surface area contributed by atoms with Gasteiger partial charge in [-0.3, -0.25) is 0 Å². The first-order valence-electron chi connectivity index (χ1n) is 7.37. The predicted molar refractivity (Wildman–Crippen MR) is 83.2 cm³/mol. The number of halogens is 1. The standard InChI is InChI=1S/C16H22FNO6/c1-16(2,3)24-15(23)18-7-6-12(19)13(20)9-4-5-10(14(21)22)11(17)8-9/h4-5,8,12-13,19-20H,6-7H2,1-3H3,(H,18,23)(H,21,22). The monoisotopic (exact) mass is 343 g/mol. The number of aliphatic hydroxyl groups excluding tert-OH is 2. The van der Waals surface area contributed by atoms with Crippen molar-refractivity contribution >= 4 is 12.1 Å². The first-order chi connectivity index (χ1) is 11.0. The van der Waals surface area contributed by atoms with Crippen molar-refractivity contribution in [2.45, 2.75) is 45.0 Å². The summed E-state index contributed by atoms with van der Waals surface area (Å²) in [5.41, 5.74) is -1.12. The first kappa shape index (κ1) is 19.9. The lowest BCUT2D eigenvalue weighted by molar-refractivity contribution is 0.0121. The molecule has 2 unspecified atom stereocenters.